The SMILES string of the molecule is Cc1ccc2c(c1)nc(-c1ccccc1)n2-c1ccc(-c2c3ccccc3c(-c3ccc(-n4c(-c5ccccc5)nc5c4C=CC(C)C5)cc3)c3ccccc23)cc1. The first-order valence-electron chi connectivity index (χ1n) is 20.1. The molecule has 276 valence electrons. The molecule has 58 heavy (non-hydrogen) atoms. The van der Waals surface area contributed by atoms with E-state index in [1.165, 1.54) is 55.1 Å². The normalized spacial score (nSPS) is 13.7. The second-order valence-electron chi connectivity index (χ2n) is 15.6. The first kappa shape index (κ1) is 34.0. The molecule has 0 fully saturated rings. The van der Waals surface area contributed by atoms with Crippen LogP contribution in [0.2, 0.25) is 0 Å². The van der Waals surface area contributed by atoms with E-state index in [1.807, 2.05) is 0 Å². The summed E-state index contributed by atoms with van der Waals surface area (Å²) >= 11 is 0. The molecule has 10 aromatic rings. The van der Waals surface area contributed by atoms with Gasteiger partial charge in [-0.05, 0) is 111 Å². The molecule has 11 rings (SSSR count). The summed E-state index contributed by atoms with van der Waals surface area (Å²) in [6.07, 6.45) is 5.50. The zero-order valence-electron chi connectivity index (χ0n) is 32.5. The molecule has 0 amide bonds. The Bertz CT molecular complexity index is 3130. The van der Waals surface area contributed by atoms with E-state index in [4.69, 9.17) is 9.97 Å². The monoisotopic (exact) mass is 744 g/mol. The van der Waals surface area contributed by atoms with Gasteiger partial charge in [0.25, 0.3) is 0 Å². The lowest BCUT2D eigenvalue weighted by molar-refractivity contribution is 0.702. The lowest BCUT2D eigenvalue weighted by Gasteiger charge is -2.19. The topological polar surface area (TPSA) is 35.6 Å². The van der Waals surface area contributed by atoms with Crippen LogP contribution in [0, 0.1) is 12.8 Å². The maximum absolute atomic E-state index is 5.21. The molecule has 4 nitrogen and oxygen atoms in total. The van der Waals surface area contributed by atoms with E-state index in [9.17, 15) is 0 Å². The summed E-state index contributed by atoms with van der Waals surface area (Å²) < 4.78 is 4.62. The van der Waals surface area contributed by atoms with Gasteiger partial charge in [0.05, 0.1) is 22.4 Å². The van der Waals surface area contributed by atoms with Gasteiger partial charge in [-0.3, -0.25) is 9.13 Å². The fourth-order valence-electron chi connectivity index (χ4n) is 9.01. The van der Waals surface area contributed by atoms with Crippen LogP contribution in [0.4, 0.5) is 0 Å². The van der Waals surface area contributed by atoms with Gasteiger partial charge in [0.2, 0.25) is 0 Å². The number of aryl methyl sites for hydroxylation is 1. The van der Waals surface area contributed by atoms with E-state index in [0.717, 1.165) is 57.3 Å². The molecule has 0 aliphatic heterocycles. The van der Waals surface area contributed by atoms with Crippen molar-refractivity contribution in [2.24, 2.45) is 5.92 Å². The average Bonchev–Trinajstić information content (AvgIpc) is 3.85. The number of fused-ring (bicyclic) bond motifs is 4. The summed E-state index contributed by atoms with van der Waals surface area (Å²) in [6, 6.07) is 63.5. The molecule has 0 spiro atoms. The second kappa shape index (κ2) is 13.7. The summed E-state index contributed by atoms with van der Waals surface area (Å²) in [7, 11) is 0. The largest absolute Gasteiger partial charge is 0.293 e. The van der Waals surface area contributed by atoms with Crippen molar-refractivity contribution in [2.45, 2.75) is 20.3 Å². The Labute approximate surface area is 338 Å². The number of hydrogen-bond donors (Lipinski definition) is 0. The van der Waals surface area contributed by atoms with Crippen LogP contribution in [0.1, 0.15) is 23.9 Å². The molecule has 0 N–H and O–H groups in total. The molecular formula is C54H40N4. The number of rotatable bonds is 6. The van der Waals surface area contributed by atoms with E-state index in [-0.39, 0.29) is 0 Å². The zero-order chi connectivity index (χ0) is 38.7. The minimum atomic E-state index is 0.471. The highest BCUT2D eigenvalue weighted by Gasteiger charge is 2.23. The van der Waals surface area contributed by atoms with Crippen LogP contribution in [0.25, 0.3) is 95.1 Å². The third-order valence-electron chi connectivity index (χ3n) is 11.7. The zero-order valence-corrected chi connectivity index (χ0v) is 32.5. The van der Waals surface area contributed by atoms with Crippen molar-refractivity contribution < 1.29 is 0 Å². The predicted octanol–water partition coefficient (Wildman–Crippen LogP) is 13.7. The van der Waals surface area contributed by atoms with Crippen LogP contribution in [0.3, 0.4) is 0 Å². The Morgan fingerprint density at radius 2 is 0.966 bits per heavy atom. The van der Waals surface area contributed by atoms with Crippen molar-refractivity contribution in [3.8, 4) is 56.4 Å². The van der Waals surface area contributed by atoms with Crippen molar-refractivity contribution >= 4 is 38.7 Å². The molecular weight excluding hydrogens is 705 g/mol. The third kappa shape index (κ3) is 5.60. The third-order valence-corrected chi connectivity index (χ3v) is 11.7. The van der Waals surface area contributed by atoms with E-state index >= 15 is 0 Å². The molecule has 2 aromatic heterocycles. The van der Waals surface area contributed by atoms with Gasteiger partial charge in [0, 0.05) is 22.5 Å². The summed E-state index contributed by atoms with van der Waals surface area (Å²) in [6.45, 7) is 4.38. The summed E-state index contributed by atoms with van der Waals surface area (Å²) in [5, 5.41) is 4.93. The molecule has 4 heteroatoms. The molecule has 8 aromatic carbocycles. The molecule has 2 heterocycles. The van der Waals surface area contributed by atoms with E-state index in [1.54, 1.807) is 0 Å². The van der Waals surface area contributed by atoms with Gasteiger partial charge in [0.15, 0.2) is 0 Å². The summed E-state index contributed by atoms with van der Waals surface area (Å²) in [4.78, 5) is 10.3. The second-order valence-corrected chi connectivity index (χ2v) is 15.6. The smallest absolute Gasteiger partial charge is 0.145 e. The van der Waals surface area contributed by atoms with Crippen LogP contribution in [0.15, 0.2) is 182 Å². The van der Waals surface area contributed by atoms with Crippen LogP contribution in [0.5, 0.6) is 0 Å². The van der Waals surface area contributed by atoms with Crippen molar-refractivity contribution in [3.05, 3.63) is 199 Å². The minimum absolute atomic E-state index is 0.471. The summed E-state index contributed by atoms with van der Waals surface area (Å²) in [5.41, 5.74) is 14.9. The van der Waals surface area contributed by atoms with Gasteiger partial charge < -0.3 is 0 Å². The standard InChI is InChI=1S/C54H40N4/c1-35-21-31-49-47(33-35)55-53(39-13-5-3-6-14-39)57(49)41-27-23-37(24-28-41)51-43-17-9-11-19-45(43)52(46-20-12-10-18-44(46)51)38-25-29-42(30-26-38)58-50-32-22-36(2)34-48(50)56-54(58)40-15-7-4-8-16-40/h3-33,36H,34H2,1-2H3. The van der Waals surface area contributed by atoms with Crippen molar-refractivity contribution in [2.75, 3.05) is 0 Å². The van der Waals surface area contributed by atoms with Crippen molar-refractivity contribution in [3.63, 3.8) is 0 Å². The Kier molecular flexibility index (Phi) is 8.04. The van der Waals surface area contributed by atoms with Gasteiger partial charge in [-0.15, -0.1) is 0 Å². The summed E-state index contributed by atoms with van der Waals surface area (Å²) in [5.74, 6) is 2.39. The van der Waals surface area contributed by atoms with Gasteiger partial charge in [-0.25, -0.2) is 9.97 Å². The predicted molar refractivity (Wildman–Crippen MR) is 242 cm³/mol. The number of allylic oxidation sites excluding steroid dienone is 1. The molecule has 0 bridgehead atoms. The highest BCUT2D eigenvalue weighted by molar-refractivity contribution is 6.21. The molecule has 0 saturated carbocycles. The van der Waals surface area contributed by atoms with Gasteiger partial charge in [-0.2, -0.15) is 0 Å². The quantitative estimate of drug-likeness (QED) is 0.159. The van der Waals surface area contributed by atoms with E-state index < -0.39 is 0 Å². The molecule has 1 unspecified atom stereocenters. The molecule has 1 atom stereocenters. The maximum Gasteiger partial charge on any atom is 0.145 e. The van der Waals surface area contributed by atoms with Crippen LogP contribution < -0.4 is 0 Å². The number of aromatic nitrogens is 4. The van der Waals surface area contributed by atoms with Crippen molar-refractivity contribution in [1.29, 1.82) is 0 Å². The van der Waals surface area contributed by atoms with E-state index in [2.05, 4.69) is 211 Å². The fraction of sp³-hybridized carbons (Fsp3) is 0.0741. The average molecular weight is 745 g/mol. The fourth-order valence-corrected chi connectivity index (χ4v) is 9.01. The molecule has 0 radical (unpaired) electrons. The first-order valence-corrected chi connectivity index (χ1v) is 20.1. The van der Waals surface area contributed by atoms with Crippen LogP contribution >= 0.6 is 0 Å². The Morgan fingerprint density at radius 1 is 0.483 bits per heavy atom. The highest BCUT2D eigenvalue weighted by atomic mass is 15.1. The maximum atomic E-state index is 5.21. The lowest BCUT2D eigenvalue weighted by atomic mass is 9.86. The van der Waals surface area contributed by atoms with Gasteiger partial charge >= 0.3 is 0 Å². The van der Waals surface area contributed by atoms with Crippen molar-refractivity contribution in [1.82, 2.24) is 19.1 Å². The molecule has 1 aliphatic carbocycles. The van der Waals surface area contributed by atoms with Gasteiger partial charge in [-0.1, -0.05) is 153 Å². The Morgan fingerprint density at radius 3 is 1.50 bits per heavy atom. The van der Waals surface area contributed by atoms with Crippen LogP contribution in [-0.2, 0) is 6.42 Å². The number of benzene rings is 8. The lowest BCUT2D eigenvalue weighted by Crippen LogP contribution is -2.06. The highest BCUT2D eigenvalue weighted by Crippen LogP contribution is 2.44. The number of hydrogen-bond acceptors (Lipinski definition) is 2. The Hall–Kier alpha value is -7.30. The minimum Gasteiger partial charge on any atom is -0.293 e. The van der Waals surface area contributed by atoms with E-state index in [0.29, 0.717) is 5.92 Å². The number of nitrogens with zero attached hydrogens (tertiary/aromatic N) is 4. The van der Waals surface area contributed by atoms with Gasteiger partial charge in [0.1, 0.15) is 11.6 Å². The van der Waals surface area contributed by atoms with Crippen LogP contribution in [-0.4, -0.2) is 19.1 Å². The number of imidazole rings is 2. The Balaban J connectivity index is 1.04. The first-order chi connectivity index (χ1) is 28.6. The molecule has 0 saturated heterocycles. The molecule has 1 aliphatic rings.